The van der Waals surface area contributed by atoms with Crippen LogP contribution in [0.4, 0.5) is 4.79 Å². The Hall–Kier alpha value is -1.71. The van der Waals surface area contributed by atoms with E-state index < -0.39 is 0 Å². The fourth-order valence-corrected chi connectivity index (χ4v) is 5.36. The van der Waals surface area contributed by atoms with Gasteiger partial charge in [-0.2, -0.15) is 0 Å². The lowest BCUT2D eigenvalue weighted by atomic mass is 9.68. The SMILES string of the molecule is C[C@H](Cc1ccc(O)cc1)NC(=O)N1CC2C[C@@H]3CC1C[C@H](C2)C3. The predicted octanol–water partition coefficient (Wildman–Crippen LogP) is 3.54. The van der Waals surface area contributed by atoms with E-state index in [9.17, 15) is 9.90 Å². The van der Waals surface area contributed by atoms with Gasteiger partial charge in [-0.15, -0.1) is 0 Å². The molecule has 4 bridgehead atoms. The Kier molecular flexibility index (Phi) is 4.15. The van der Waals surface area contributed by atoms with Crippen LogP contribution in [0, 0.1) is 17.8 Å². The van der Waals surface area contributed by atoms with Gasteiger partial charge in [0.25, 0.3) is 0 Å². The zero-order valence-corrected chi connectivity index (χ0v) is 14.4. The van der Waals surface area contributed by atoms with Crippen molar-refractivity contribution in [2.75, 3.05) is 6.54 Å². The number of fused-ring (bicyclic) bond motifs is 1. The molecule has 0 radical (unpaired) electrons. The molecule has 2 aliphatic heterocycles. The maximum absolute atomic E-state index is 12.8. The average Bonchev–Trinajstić information content (AvgIpc) is 2.73. The summed E-state index contributed by atoms with van der Waals surface area (Å²) in [4.78, 5) is 15.0. The smallest absolute Gasteiger partial charge is 0.317 e. The molecule has 2 heterocycles. The highest BCUT2D eigenvalue weighted by Crippen LogP contribution is 2.47. The van der Waals surface area contributed by atoms with Crippen molar-refractivity contribution in [1.29, 1.82) is 0 Å². The Balaban J connectivity index is 1.38. The summed E-state index contributed by atoms with van der Waals surface area (Å²) >= 11 is 0. The quantitative estimate of drug-likeness (QED) is 0.891. The molecule has 0 spiro atoms. The lowest BCUT2D eigenvalue weighted by Gasteiger charge is -2.39. The van der Waals surface area contributed by atoms with Crippen molar-refractivity contribution in [3.63, 3.8) is 0 Å². The van der Waals surface area contributed by atoms with E-state index in [-0.39, 0.29) is 17.8 Å². The number of carbonyl (C=O) groups excluding carboxylic acids is 1. The summed E-state index contributed by atoms with van der Waals surface area (Å²) in [5.41, 5.74) is 1.14. The van der Waals surface area contributed by atoms with Gasteiger partial charge in [-0.1, -0.05) is 12.1 Å². The van der Waals surface area contributed by atoms with Gasteiger partial charge in [0.15, 0.2) is 0 Å². The zero-order chi connectivity index (χ0) is 16.7. The number of phenols is 1. The Morgan fingerprint density at radius 3 is 2.42 bits per heavy atom. The minimum Gasteiger partial charge on any atom is -0.508 e. The van der Waals surface area contributed by atoms with Gasteiger partial charge in [-0.3, -0.25) is 0 Å². The number of hydrogen-bond donors (Lipinski definition) is 2. The Bertz CT molecular complexity index is 586. The van der Waals surface area contributed by atoms with Crippen LogP contribution >= 0.6 is 0 Å². The number of benzene rings is 1. The van der Waals surface area contributed by atoms with E-state index in [1.54, 1.807) is 12.1 Å². The van der Waals surface area contributed by atoms with Crippen molar-refractivity contribution in [3.8, 4) is 5.75 Å². The van der Waals surface area contributed by atoms with Crippen LogP contribution in [-0.4, -0.2) is 34.7 Å². The molecule has 1 aromatic rings. The monoisotopic (exact) mass is 328 g/mol. The number of carbonyl (C=O) groups is 1. The van der Waals surface area contributed by atoms with E-state index in [2.05, 4.69) is 17.1 Å². The van der Waals surface area contributed by atoms with Crippen molar-refractivity contribution in [2.24, 2.45) is 17.8 Å². The molecule has 5 rings (SSSR count). The molecule has 4 fully saturated rings. The highest BCUT2D eigenvalue weighted by Gasteiger charge is 2.44. The van der Waals surface area contributed by atoms with Crippen LogP contribution < -0.4 is 5.32 Å². The molecule has 2 unspecified atom stereocenters. The molecule has 0 aromatic heterocycles. The van der Waals surface area contributed by atoms with Gasteiger partial charge in [0.05, 0.1) is 0 Å². The number of aromatic hydroxyl groups is 1. The van der Waals surface area contributed by atoms with Crippen LogP contribution in [0.1, 0.15) is 44.6 Å². The summed E-state index contributed by atoms with van der Waals surface area (Å²) in [5.74, 6) is 2.73. The maximum atomic E-state index is 12.8. The largest absolute Gasteiger partial charge is 0.508 e. The molecule has 2 aliphatic carbocycles. The van der Waals surface area contributed by atoms with Gasteiger partial charge in [-0.05, 0) is 80.9 Å². The van der Waals surface area contributed by atoms with Gasteiger partial charge < -0.3 is 15.3 Å². The van der Waals surface area contributed by atoms with Crippen molar-refractivity contribution < 1.29 is 9.90 Å². The molecule has 4 nitrogen and oxygen atoms in total. The van der Waals surface area contributed by atoms with Crippen molar-refractivity contribution in [3.05, 3.63) is 29.8 Å². The lowest BCUT2D eigenvalue weighted by Crippen LogP contribution is -2.50. The number of hydrogen-bond acceptors (Lipinski definition) is 2. The van der Waals surface area contributed by atoms with Gasteiger partial charge in [0, 0.05) is 18.6 Å². The van der Waals surface area contributed by atoms with E-state index in [1.807, 2.05) is 12.1 Å². The van der Waals surface area contributed by atoms with Gasteiger partial charge >= 0.3 is 6.03 Å². The van der Waals surface area contributed by atoms with Crippen LogP contribution in [-0.2, 0) is 6.42 Å². The number of amides is 2. The number of phenolic OH excluding ortho intramolecular Hbond substituents is 1. The second-order valence-corrected chi connectivity index (χ2v) is 8.30. The fraction of sp³-hybridized carbons (Fsp3) is 0.650. The molecule has 130 valence electrons. The number of nitrogens with one attached hydrogen (secondary N) is 1. The fourth-order valence-electron chi connectivity index (χ4n) is 5.36. The third-order valence-electron chi connectivity index (χ3n) is 6.22. The molecule has 2 N–H and O–H groups in total. The normalized spacial score (nSPS) is 32.5. The molecule has 5 atom stereocenters. The van der Waals surface area contributed by atoms with E-state index in [4.69, 9.17) is 0 Å². The highest BCUT2D eigenvalue weighted by atomic mass is 16.3. The van der Waals surface area contributed by atoms with Crippen LogP contribution in [0.5, 0.6) is 5.75 Å². The average molecular weight is 328 g/mol. The van der Waals surface area contributed by atoms with E-state index in [0.717, 1.165) is 36.3 Å². The van der Waals surface area contributed by atoms with E-state index >= 15 is 0 Å². The number of rotatable bonds is 3. The predicted molar refractivity (Wildman–Crippen MR) is 93.9 cm³/mol. The van der Waals surface area contributed by atoms with Crippen LogP contribution in [0.25, 0.3) is 0 Å². The van der Waals surface area contributed by atoms with Gasteiger partial charge in [0.2, 0.25) is 0 Å². The van der Waals surface area contributed by atoms with Gasteiger partial charge in [-0.25, -0.2) is 4.79 Å². The molecule has 1 aromatic carbocycles. The number of urea groups is 1. The van der Waals surface area contributed by atoms with Crippen LogP contribution in [0.15, 0.2) is 24.3 Å². The highest BCUT2D eigenvalue weighted by molar-refractivity contribution is 5.75. The topological polar surface area (TPSA) is 52.6 Å². The molecule has 2 amide bonds. The summed E-state index contributed by atoms with van der Waals surface area (Å²) in [6, 6.07) is 7.93. The summed E-state index contributed by atoms with van der Waals surface area (Å²) in [5, 5.41) is 12.6. The second kappa shape index (κ2) is 6.30. The molecule has 4 heteroatoms. The Labute approximate surface area is 144 Å². The molecule has 4 aliphatic rings. The zero-order valence-electron chi connectivity index (χ0n) is 14.4. The van der Waals surface area contributed by atoms with E-state index in [1.165, 1.54) is 32.1 Å². The lowest BCUT2D eigenvalue weighted by molar-refractivity contribution is 0.130. The first-order valence-electron chi connectivity index (χ1n) is 9.42. The molecular weight excluding hydrogens is 300 g/mol. The van der Waals surface area contributed by atoms with Crippen molar-refractivity contribution >= 4 is 6.03 Å². The van der Waals surface area contributed by atoms with Crippen LogP contribution in [0.3, 0.4) is 0 Å². The first-order chi connectivity index (χ1) is 11.6. The minimum absolute atomic E-state index is 0.0969. The summed E-state index contributed by atoms with van der Waals surface area (Å²) in [7, 11) is 0. The van der Waals surface area contributed by atoms with Gasteiger partial charge in [0.1, 0.15) is 5.75 Å². The standard InChI is InChI=1S/C20H28N2O2/c1-13(6-14-2-4-19(23)5-3-14)21-20(24)22-12-17-8-15-7-16(9-17)11-18(22)10-15/h2-5,13,15-18,23H,6-12H2,1H3,(H,21,24)/t13-,15-,16+,17?,18?/m1/s1. The maximum Gasteiger partial charge on any atom is 0.317 e. The first-order valence-corrected chi connectivity index (χ1v) is 9.42. The third-order valence-corrected chi connectivity index (χ3v) is 6.22. The van der Waals surface area contributed by atoms with Crippen LogP contribution in [0.2, 0.25) is 0 Å². The van der Waals surface area contributed by atoms with Crippen molar-refractivity contribution in [1.82, 2.24) is 10.2 Å². The number of nitrogens with zero attached hydrogens (tertiary/aromatic N) is 1. The summed E-state index contributed by atoms with van der Waals surface area (Å²) < 4.78 is 0. The molecule has 24 heavy (non-hydrogen) atoms. The molecular formula is C20H28N2O2. The molecule has 2 saturated heterocycles. The van der Waals surface area contributed by atoms with E-state index in [0.29, 0.717) is 6.04 Å². The Morgan fingerprint density at radius 2 is 1.75 bits per heavy atom. The third kappa shape index (κ3) is 3.24. The minimum atomic E-state index is 0.0969. The first kappa shape index (κ1) is 15.8. The summed E-state index contributed by atoms with van der Waals surface area (Å²) in [6.45, 7) is 3.02. The second-order valence-electron chi connectivity index (χ2n) is 8.30. The van der Waals surface area contributed by atoms with Crippen molar-refractivity contribution in [2.45, 2.75) is 57.5 Å². The Morgan fingerprint density at radius 1 is 1.12 bits per heavy atom. The molecule has 2 saturated carbocycles. The summed E-state index contributed by atoms with van der Waals surface area (Å²) in [6.07, 6.45) is 7.29.